The van der Waals surface area contributed by atoms with Crippen molar-refractivity contribution in [1.82, 2.24) is 10.2 Å². The van der Waals surface area contributed by atoms with Gasteiger partial charge < -0.3 is 10.6 Å². The predicted octanol–water partition coefficient (Wildman–Crippen LogP) is 4.18. The molecule has 1 amide bonds. The van der Waals surface area contributed by atoms with Crippen molar-refractivity contribution < 1.29 is 4.79 Å². The minimum atomic E-state index is -0.172. The summed E-state index contributed by atoms with van der Waals surface area (Å²) in [4.78, 5) is 12.0. The molecule has 0 unspecified atom stereocenters. The van der Waals surface area contributed by atoms with Gasteiger partial charge in [0.05, 0.1) is 5.69 Å². The molecule has 0 spiro atoms. The molecule has 0 aliphatic rings. The molecular formula is C20H18N4O. The maximum absolute atomic E-state index is 12.0. The Balaban J connectivity index is 1.57. The van der Waals surface area contributed by atoms with Gasteiger partial charge in [-0.3, -0.25) is 4.79 Å². The maximum Gasteiger partial charge on any atom is 0.248 e. The van der Waals surface area contributed by atoms with Gasteiger partial charge in [0.2, 0.25) is 5.91 Å². The Morgan fingerprint density at radius 2 is 1.60 bits per heavy atom. The van der Waals surface area contributed by atoms with Crippen LogP contribution < -0.4 is 10.6 Å². The molecule has 0 fully saturated rings. The van der Waals surface area contributed by atoms with Gasteiger partial charge in [0, 0.05) is 17.5 Å². The summed E-state index contributed by atoms with van der Waals surface area (Å²) in [5, 5.41) is 14.0. The number of anilines is 3. The first-order valence-electron chi connectivity index (χ1n) is 7.90. The van der Waals surface area contributed by atoms with E-state index in [1.165, 1.54) is 6.08 Å². The SMILES string of the molecule is Cc1ccc(Nc2ccc(NC(=O)C=Cc3ccccc3)cc2)nn1. The molecule has 0 aliphatic carbocycles. The molecule has 3 rings (SSSR count). The molecule has 1 aromatic heterocycles. The van der Waals surface area contributed by atoms with E-state index in [-0.39, 0.29) is 5.91 Å². The summed E-state index contributed by atoms with van der Waals surface area (Å²) in [6.45, 7) is 1.89. The second-order valence-corrected chi connectivity index (χ2v) is 5.50. The summed E-state index contributed by atoms with van der Waals surface area (Å²) in [5.41, 5.74) is 3.45. The number of nitrogens with one attached hydrogen (secondary N) is 2. The highest BCUT2D eigenvalue weighted by atomic mass is 16.1. The van der Waals surface area contributed by atoms with Crippen molar-refractivity contribution in [2.75, 3.05) is 10.6 Å². The number of aromatic nitrogens is 2. The molecule has 5 nitrogen and oxygen atoms in total. The van der Waals surface area contributed by atoms with Gasteiger partial charge in [-0.2, -0.15) is 5.10 Å². The molecule has 0 saturated heterocycles. The number of rotatable bonds is 5. The first-order valence-corrected chi connectivity index (χ1v) is 7.90. The molecule has 5 heteroatoms. The quantitative estimate of drug-likeness (QED) is 0.689. The molecule has 3 aromatic rings. The van der Waals surface area contributed by atoms with Gasteiger partial charge in [-0.05, 0) is 55.0 Å². The summed E-state index contributed by atoms with van der Waals surface area (Å²) in [7, 11) is 0. The zero-order valence-corrected chi connectivity index (χ0v) is 13.8. The van der Waals surface area contributed by atoms with E-state index >= 15 is 0 Å². The van der Waals surface area contributed by atoms with Crippen molar-refractivity contribution in [3.63, 3.8) is 0 Å². The second kappa shape index (κ2) is 7.88. The highest BCUT2D eigenvalue weighted by molar-refractivity contribution is 6.02. The Kier molecular flexibility index (Phi) is 5.16. The van der Waals surface area contributed by atoms with Crippen LogP contribution in [0.15, 0.2) is 72.8 Å². The van der Waals surface area contributed by atoms with Crippen LogP contribution in [0.1, 0.15) is 11.3 Å². The fourth-order valence-corrected chi connectivity index (χ4v) is 2.17. The van der Waals surface area contributed by atoms with E-state index in [1.54, 1.807) is 6.08 Å². The molecule has 1 heterocycles. The molecule has 0 bridgehead atoms. The zero-order valence-electron chi connectivity index (χ0n) is 13.8. The number of carbonyl (C=O) groups excluding carboxylic acids is 1. The van der Waals surface area contributed by atoms with E-state index in [2.05, 4.69) is 20.8 Å². The molecule has 0 aliphatic heterocycles. The van der Waals surface area contributed by atoms with E-state index in [9.17, 15) is 4.79 Å². The molecule has 124 valence electrons. The Bertz CT molecular complexity index is 856. The predicted molar refractivity (Wildman–Crippen MR) is 101 cm³/mol. The van der Waals surface area contributed by atoms with Gasteiger partial charge in [-0.15, -0.1) is 5.10 Å². The van der Waals surface area contributed by atoms with Crippen molar-refractivity contribution >= 4 is 29.2 Å². The van der Waals surface area contributed by atoms with Crippen molar-refractivity contribution in [3.05, 3.63) is 84.1 Å². The Hall–Kier alpha value is -3.47. The Morgan fingerprint density at radius 1 is 0.880 bits per heavy atom. The van der Waals surface area contributed by atoms with Crippen LogP contribution in [0.4, 0.5) is 17.2 Å². The van der Waals surface area contributed by atoms with E-state index in [1.807, 2.05) is 73.7 Å². The lowest BCUT2D eigenvalue weighted by molar-refractivity contribution is -0.111. The van der Waals surface area contributed by atoms with Crippen LogP contribution in [-0.2, 0) is 4.79 Å². The van der Waals surface area contributed by atoms with Crippen molar-refractivity contribution in [1.29, 1.82) is 0 Å². The monoisotopic (exact) mass is 330 g/mol. The third-order valence-corrected chi connectivity index (χ3v) is 3.45. The van der Waals surface area contributed by atoms with E-state index in [0.29, 0.717) is 5.82 Å². The van der Waals surface area contributed by atoms with Crippen LogP contribution in [0.2, 0.25) is 0 Å². The molecule has 0 atom stereocenters. The molecule has 0 saturated carbocycles. The fourth-order valence-electron chi connectivity index (χ4n) is 2.17. The fraction of sp³-hybridized carbons (Fsp3) is 0.0500. The minimum absolute atomic E-state index is 0.172. The van der Waals surface area contributed by atoms with Crippen LogP contribution in [-0.4, -0.2) is 16.1 Å². The smallest absolute Gasteiger partial charge is 0.248 e. The molecular weight excluding hydrogens is 312 g/mol. The van der Waals surface area contributed by atoms with Gasteiger partial charge in [-0.1, -0.05) is 30.3 Å². The number of hydrogen-bond donors (Lipinski definition) is 2. The van der Waals surface area contributed by atoms with Gasteiger partial charge in [-0.25, -0.2) is 0 Å². The number of hydrogen-bond acceptors (Lipinski definition) is 4. The minimum Gasteiger partial charge on any atom is -0.339 e. The van der Waals surface area contributed by atoms with Crippen molar-refractivity contribution in [2.24, 2.45) is 0 Å². The maximum atomic E-state index is 12.0. The summed E-state index contributed by atoms with van der Waals surface area (Å²) in [6, 6.07) is 20.9. The van der Waals surface area contributed by atoms with Gasteiger partial charge in [0.25, 0.3) is 0 Å². The van der Waals surface area contributed by atoms with Crippen LogP contribution in [0.3, 0.4) is 0 Å². The molecule has 2 aromatic carbocycles. The summed E-state index contributed by atoms with van der Waals surface area (Å²) in [6.07, 6.45) is 3.30. The van der Waals surface area contributed by atoms with Gasteiger partial charge in [0.15, 0.2) is 5.82 Å². The van der Waals surface area contributed by atoms with Crippen LogP contribution in [0.25, 0.3) is 6.08 Å². The summed E-state index contributed by atoms with van der Waals surface area (Å²) < 4.78 is 0. The standard InChI is InChI=1S/C20H18N4O/c1-15-7-13-19(24-23-15)21-17-9-11-18(12-10-17)22-20(25)14-8-16-5-3-2-4-6-16/h2-14H,1H3,(H,21,24)(H,22,25). The van der Waals surface area contributed by atoms with Gasteiger partial charge >= 0.3 is 0 Å². The van der Waals surface area contributed by atoms with Crippen LogP contribution in [0.5, 0.6) is 0 Å². The lowest BCUT2D eigenvalue weighted by Crippen LogP contribution is -2.07. The van der Waals surface area contributed by atoms with Crippen LogP contribution in [0, 0.1) is 6.92 Å². The largest absolute Gasteiger partial charge is 0.339 e. The zero-order chi connectivity index (χ0) is 17.5. The first kappa shape index (κ1) is 16.4. The van der Waals surface area contributed by atoms with E-state index in [4.69, 9.17) is 0 Å². The number of amides is 1. The third kappa shape index (κ3) is 5.00. The van der Waals surface area contributed by atoms with Crippen LogP contribution >= 0.6 is 0 Å². The van der Waals surface area contributed by atoms with E-state index < -0.39 is 0 Å². The molecule has 25 heavy (non-hydrogen) atoms. The number of nitrogens with zero attached hydrogens (tertiary/aromatic N) is 2. The van der Waals surface area contributed by atoms with E-state index in [0.717, 1.165) is 22.6 Å². The number of benzene rings is 2. The number of carbonyl (C=O) groups is 1. The second-order valence-electron chi connectivity index (χ2n) is 5.50. The Morgan fingerprint density at radius 3 is 2.28 bits per heavy atom. The summed E-state index contributed by atoms with van der Waals surface area (Å²) in [5.74, 6) is 0.502. The lowest BCUT2D eigenvalue weighted by Gasteiger charge is -2.07. The average Bonchev–Trinajstić information content (AvgIpc) is 2.64. The van der Waals surface area contributed by atoms with Gasteiger partial charge in [0.1, 0.15) is 0 Å². The third-order valence-electron chi connectivity index (χ3n) is 3.45. The topological polar surface area (TPSA) is 66.9 Å². The van der Waals surface area contributed by atoms with Crippen molar-refractivity contribution in [2.45, 2.75) is 6.92 Å². The normalized spacial score (nSPS) is 10.6. The highest BCUT2D eigenvalue weighted by Gasteiger charge is 2.00. The first-order chi connectivity index (χ1) is 12.2. The number of aryl methyl sites for hydroxylation is 1. The lowest BCUT2D eigenvalue weighted by atomic mass is 10.2. The van der Waals surface area contributed by atoms with Crippen molar-refractivity contribution in [3.8, 4) is 0 Å². The summed E-state index contributed by atoms with van der Waals surface area (Å²) >= 11 is 0. The Labute approximate surface area is 146 Å². The molecule has 0 radical (unpaired) electrons. The molecule has 2 N–H and O–H groups in total. The highest BCUT2D eigenvalue weighted by Crippen LogP contribution is 2.17. The average molecular weight is 330 g/mol.